The number of anilines is 1. The van der Waals surface area contributed by atoms with Crippen molar-refractivity contribution in [1.29, 1.82) is 0 Å². The molecule has 0 bridgehead atoms. The largest absolute Gasteiger partial charge is 0.395 e. The molecular weight excluding hydrogens is 244 g/mol. The van der Waals surface area contributed by atoms with E-state index in [-0.39, 0.29) is 12.5 Å². The van der Waals surface area contributed by atoms with E-state index < -0.39 is 0 Å². The first-order chi connectivity index (χ1) is 9.29. The first kappa shape index (κ1) is 12.9. The number of nitrogens with one attached hydrogen (secondary N) is 1. The standard InChI is InChI=1S/C14H12N2O3/c17-7-2-1-4-11-5-3-6-12(8-11)14(18)16-13-9-15-19-10-13/h3,5-6,8-10,17H,2,7H2,(H,16,18). The lowest BCUT2D eigenvalue weighted by Crippen LogP contribution is -2.11. The quantitative estimate of drug-likeness (QED) is 0.819. The van der Waals surface area contributed by atoms with Crippen LogP contribution in [0.2, 0.25) is 0 Å². The summed E-state index contributed by atoms with van der Waals surface area (Å²) < 4.78 is 4.63. The maximum atomic E-state index is 11.9. The molecule has 0 radical (unpaired) electrons. The van der Waals surface area contributed by atoms with Gasteiger partial charge in [-0.3, -0.25) is 4.79 Å². The third-order valence-corrected chi connectivity index (χ3v) is 2.28. The summed E-state index contributed by atoms with van der Waals surface area (Å²) in [6.45, 7) is 0.0284. The number of rotatable bonds is 3. The maximum Gasteiger partial charge on any atom is 0.255 e. The molecule has 5 nitrogen and oxygen atoms in total. The monoisotopic (exact) mass is 256 g/mol. The highest BCUT2D eigenvalue weighted by atomic mass is 16.5. The van der Waals surface area contributed by atoms with Gasteiger partial charge in [0.05, 0.1) is 12.8 Å². The molecule has 2 N–H and O–H groups in total. The molecule has 0 aliphatic heterocycles. The molecule has 0 unspecified atom stereocenters. The topological polar surface area (TPSA) is 75.4 Å². The Labute approximate surface area is 110 Å². The van der Waals surface area contributed by atoms with Crippen LogP contribution in [-0.4, -0.2) is 22.8 Å². The molecule has 1 aromatic carbocycles. The second-order valence-electron chi connectivity index (χ2n) is 3.72. The van der Waals surface area contributed by atoms with Crippen molar-refractivity contribution in [3.63, 3.8) is 0 Å². The van der Waals surface area contributed by atoms with Crippen LogP contribution in [0.3, 0.4) is 0 Å². The van der Waals surface area contributed by atoms with E-state index >= 15 is 0 Å². The Hall–Kier alpha value is -2.58. The van der Waals surface area contributed by atoms with E-state index in [0.29, 0.717) is 17.7 Å². The van der Waals surface area contributed by atoms with Crippen molar-refractivity contribution < 1.29 is 14.4 Å². The first-order valence-electron chi connectivity index (χ1n) is 5.70. The SMILES string of the molecule is O=C(Nc1cnoc1)c1cccc(C#CCCO)c1. The molecule has 0 spiro atoms. The van der Waals surface area contributed by atoms with Gasteiger partial charge in [-0.1, -0.05) is 23.1 Å². The number of aliphatic hydroxyl groups is 1. The molecular formula is C14H12N2O3. The minimum atomic E-state index is -0.256. The van der Waals surface area contributed by atoms with Gasteiger partial charge in [-0.05, 0) is 18.2 Å². The van der Waals surface area contributed by atoms with E-state index in [1.165, 1.54) is 12.5 Å². The molecule has 0 aliphatic carbocycles. The third-order valence-electron chi connectivity index (χ3n) is 2.28. The van der Waals surface area contributed by atoms with Gasteiger partial charge in [-0.15, -0.1) is 0 Å². The minimum absolute atomic E-state index is 0.0284. The Morgan fingerprint density at radius 1 is 1.47 bits per heavy atom. The number of hydrogen-bond acceptors (Lipinski definition) is 4. The minimum Gasteiger partial charge on any atom is -0.395 e. The van der Waals surface area contributed by atoms with Crippen LogP contribution >= 0.6 is 0 Å². The van der Waals surface area contributed by atoms with E-state index in [2.05, 4.69) is 26.8 Å². The Balaban J connectivity index is 2.10. The van der Waals surface area contributed by atoms with Gasteiger partial charge in [0.15, 0.2) is 0 Å². The summed E-state index contributed by atoms with van der Waals surface area (Å²) in [5.41, 5.74) is 1.73. The van der Waals surface area contributed by atoms with E-state index in [1.54, 1.807) is 24.3 Å². The molecule has 0 fully saturated rings. The molecule has 0 aliphatic rings. The Morgan fingerprint density at radius 3 is 3.11 bits per heavy atom. The number of hydrogen-bond donors (Lipinski definition) is 2. The highest BCUT2D eigenvalue weighted by molar-refractivity contribution is 6.04. The van der Waals surface area contributed by atoms with Crippen molar-refractivity contribution in [2.24, 2.45) is 0 Å². The lowest BCUT2D eigenvalue weighted by atomic mass is 10.1. The summed E-state index contributed by atoms with van der Waals surface area (Å²) in [6, 6.07) is 6.94. The van der Waals surface area contributed by atoms with Gasteiger partial charge in [0.25, 0.3) is 5.91 Å². The Bertz CT molecular complexity index is 609. The first-order valence-corrected chi connectivity index (χ1v) is 5.70. The van der Waals surface area contributed by atoms with Crippen LogP contribution in [0.5, 0.6) is 0 Å². The number of benzene rings is 1. The van der Waals surface area contributed by atoms with E-state index in [9.17, 15) is 4.79 Å². The molecule has 96 valence electrons. The molecule has 1 heterocycles. The molecule has 0 saturated carbocycles. The predicted molar refractivity (Wildman–Crippen MR) is 69.5 cm³/mol. The fraction of sp³-hybridized carbons (Fsp3) is 0.143. The molecule has 0 saturated heterocycles. The summed E-state index contributed by atoms with van der Waals surface area (Å²) in [5.74, 6) is 5.43. The van der Waals surface area contributed by atoms with Crippen molar-refractivity contribution in [2.45, 2.75) is 6.42 Å². The fourth-order valence-corrected chi connectivity index (χ4v) is 1.43. The number of amides is 1. The summed E-state index contributed by atoms with van der Waals surface area (Å²) in [7, 11) is 0. The maximum absolute atomic E-state index is 11.9. The Morgan fingerprint density at radius 2 is 2.37 bits per heavy atom. The van der Waals surface area contributed by atoms with Crippen molar-refractivity contribution in [3.05, 3.63) is 47.9 Å². The smallest absolute Gasteiger partial charge is 0.255 e. The van der Waals surface area contributed by atoms with Crippen LogP contribution in [-0.2, 0) is 0 Å². The number of aliphatic hydroxyl groups excluding tert-OH is 1. The van der Waals surface area contributed by atoms with Gasteiger partial charge in [-0.25, -0.2) is 0 Å². The Kier molecular flexibility index (Phi) is 4.32. The van der Waals surface area contributed by atoms with Gasteiger partial charge in [0.2, 0.25) is 0 Å². The van der Waals surface area contributed by atoms with Gasteiger partial charge in [0, 0.05) is 17.5 Å². The molecule has 0 atom stereocenters. The van der Waals surface area contributed by atoms with Crippen LogP contribution in [0.4, 0.5) is 5.69 Å². The molecule has 1 amide bonds. The van der Waals surface area contributed by atoms with Gasteiger partial charge >= 0.3 is 0 Å². The molecule has 19 heavy (non-hydrogen) atoms. The van der Waals surface area contributed by atoms with Crippen molar-refractivity contribution in [1.82, 2.24) is 5.16 Å². The third kappa shape index (κ3) is 3.69. The summed E-state index contributed by atoms with van der Waals surface area (Å²) in [4.78, 5) is 11.9. The number of carbonyl (C=O) groups is 1. The normalized spacial score (nSPS) is 9.53. The number of aromatic nitrogens is 1. The predicted octanol–water partition coefficient (Wildman–Crippen LogP) is 1.66. The van der Waals surface area contributed by atoms with Crippen LogP contribution < -0.4 is 5.32 Å². The highest BCUT2D eigenvalue weighted by Gasteiger charge is 2.07. The van der Waals surface area contributed by atoms with E-state index in [1.807, 2.05) is 0 Å². The van der Waals surface area contributed by atoms with Crippen LogP contribution in [0.15, 0.2) is 41.2 Å². The van der Waals surface area contributed by atoms with Crippen molar-refractivity contribution in [2.75, 3.05) is 11.9 Å². The van der Waals surface area contributed by atoms with Gasteiger partial charge < -0.3 is 14.9 Å². The zero-order chi connectivity index (χ0) is 13.5. The average Bonchev–Trinajstić information content (AvgIpc) is 2.92. The van der Waals surface area contributed by atoms with Crippen molar-refractivity contribution in [3.8, 4) is 11.8 Å². The van der Waals surface area contributed by atoms with Gasteiger partial charge in [-0.2, -0.15) is 0 Å². The second-order valence-corrected chi connectivity index (χ2v) is 3.72. The lowest BCUT2D eigenvalue weighted by molar-refractivity contribution is 0.102. The lowest BCUT2D eigenvalue weighted by Gasteiger charge is -2.02. The van der Waals surface area contributed by atoms with E-state index in [4.69, 9.17) is 5.11 Å². The summed E-state index contributed by atoms with van der Waals surface area (Å²) in [5, 5.41) is 14.8. The zero-order valence-corrected chi connectivity index (χ0v) is 10.1. The molecule has 2 rings (SSSR count). The summed E-state index contributed by atoms with van der Waals surface area (Å²) in [6.07, 6.45) is 3.18. The molecule has 1 aromatic heterocycles. The van der Waals surface area contributed by atoms with Crippen molar-refractivity contribution >= 4 is 11.6 Å². The zero-order valence-electron chi connectivity index (χ0n) is 10.1. The fourth-order valence-electron chi connectivity index (χ4n) is 1.43. The number of carbonyl (C=O) groups excluding carboxylic acids is 1. The second kappa shape index (κ2) is 6.38. The average molecular weight is 256 g/mol. The highest BCUT2D eigenvalue weighted by Crippen LogP contribution is 2.09. The summed E-state index contributed by atoms with van der Waals surface area (Å²) >= 11 is 0. The van der Waals surface area contributed by atoms with E-state index in [0.717, 1.165) is 5.56 Å². The van der Waals surface area contributed by atoms with Crippen LogP contribution in [0.1, 0.15) is 22.3 Å². The molecule has 2 aromatic rings. The van der Waals surface area contributed by atoms with Gasteiger partial charge in [0.1, 0.15) is 12.0 Å². The van der Waals surface area contributed by atoms with Crippen LogP contribution in [0.25, 0.3) is 0 Å². The van der Waals surface area contributed by atoms with Crippen LogP contribution in [0, 0.1) is 11.8 Å². The number of nitrogens with zero attached hydrogens (tertiary/aromatic N) is 1. The molecule has 5 heteroatoms.